The number of benzene rings is 1. The third-order valence-corrected chi connectivity index (χ3v) is 4.09. The number of ether oxygens (including phenoxy) is 1. The van der Waals surface area contributed by atoms with Crippen LogP contribution in [-0.2, 0) is 13.7 Å². The summed E-state index contributed by atoms with van der Waals surface area (Å²) in [5.74, 6) is -0.0598. The van der Waals surface area contributed by atoms with Crippen LogP contribution in [0, 0.1) is 12.7 Å². The Kier molecular flexibility index (Phi) is 4.45. The van der Waals surface area contributed by atoms with E-state index < -0.39 is 11.9 Å². The molecule has 20 heavy (non-hydrogen) atoms. The van der Waals surface area contributed by atoms with Gasteiger partial charge in [0, 0.05) is 18.7 Å². The number of hydrogen-bond acceptors (Lipinski definition) is 3. The predicted octanol–water partition coefficient (Wildman–Crippen LogP) is 3.26. The van der Waals surface area contributed by atoms with E-state index in [0.717, 1.165) is 15.9 Å². The average Bonchev–Trinajstić information content (AvgIpc) is 2.61. The Morgan fingerprint density at radius 1 is 1.50 bits per heavy atom. The third kappa shape index (κ3) is 3.02. The second-order valence-corrected chi connectivity index (χ2v) is 5.41. The number of halogens is 2. The molecule has 0 radical (unpaired) electrons. The van der Waals surface area contributed by atoms with E-state index in [0.29, 0.717) is 5.75 Å². The van der Waals surface area contributed by atoms with Crippen molar-refractivity contribution in [1.29, 1.82) is 0 Å². The lowest BCUT2D eigenvalue weighted by Gasteiger charge is -2.10. The van der Waals surface area contributed by atoms with Gasteiger partial charge in [0.1, 0.15) is 18.2 Å². The maximum atomic E-state index is 13.7. The van der Waals surface area contributed by atoms with E-state index in [9.17, 15) is 9.50 Å². The summed E-state index contributed by atoms with van der Waals surface area (Å²) in [5, 5.41) is 13.6. The smallest absolute Gasteiger partial charge is 0.132 e. The van der Waals surface area contributed by atoms with Gasteiger partial charge >= 0.3 is 0 Å². The van der Waals surface area contributed by atoms with Crippen molar-refractivity contribution < 1.29 is 14.2 Å². The maximum absolute atomic E-state index is 13.7. The van der Waals surface area contributed by atoms with Crippen LogP contribution in [0.25, 0.3) is 0 Å². The number of aliphatic hydroxyl groups is 1. The summed E-state index contributed by atoms with van der Waals surface area (Å²) in [7, 11) is 1.83. The molecule has 0 spiro atoms. The van der Waals surface area contributed by atoms with Gasteiger partial charge in [-0.25, -0.2) is 4.39 Å². The molecule has 1 heterocycles. The number of aryl methyl sites for hydroxylation is 2. The summed E-state index contributed by atoms with van der Waals surface area (Å²) < 4.78 is 21.9. The lowest BCUT2D eigenvalue weighted by molar-refractivity contribution is 0.193. The highest BCUT2D eigenvalue weighted by Crippen LogP contribution is 2.24. The zero-order valence-electron chi connectivity index (χ0n) is 11.5. The molecule has 0 amide bonds. The Morgan fingerprint density at radius 2 is 2.20 bits per heavy atom. The molecule has 0 bridgehead atoms. The van der Waals surface area contributed by atoms with Gasteiger partial charge in [-0.15, -0.1) is 0 Å². The molecule has 108 valence electrons. The van der Waals surface area contributed by atoms with E-state index in [1.807, 2.05) is 14.0 Å². The van der Waals surface area contributed by atoms with Gasteiger partial charge in [-0.05, 0) is 41.9 Å². The maximum Gasteiger partial charge on any atom is 0.132 e. The normalized spacial score (nSPS) is 12.5. The molecule has 0 saturated heterocycles. The fourth-order valence-corrected chi connectivity index (χ4v) is 2.38. The molecular weight excluding hydrogens is 327 g/mol. The number of aliphatic hydroxyl groups excluding tert-OH is 1. The minimum absolute atomic E-state index is 0.259. The van der Waals surface area contributed by atoms with Gasteiger partial charge in [0.05, 0.1) is 22.0 Å². The van der Waals surface area contributed by atoms with Crippen molar-refractivity contribution >= 4 is 15.9 Å². The van der Waals surface area contributed by atoms with Gasteiger partial charge < -0.3 is 9.84 Å². The van der Waals surface area contributed by atoms with Gasteiger partial charge in [-0.1, -0.05) is 0 Å². The van der Waals surface area contributed by atoms with Crippen LogP contribution in [0.4, 0.5) is 4.39 Å². The van der Waals surface area contributed by atoms with Gasteiger partial charge in [0.15, 0.2) is 0 Å². The molecule has 4 nitrogen and oxygen atoms in total. The van der Waals surface area contributed by atoms with Crippen LogP contribution in [-0.4, -0.2) is 14.9 Å². The summed E-state index contributed by atoms with van der Waals surface area (Å²) in [5.41, 5.74) is 2.01. The Morgan fingerprint density at radius 3 is 2.70 bits per heavy atom. The van der Waals surface area contributed by atoms with Gasteiger partial charge in [0.25, 0.3) is 0 Å². The Balaban J connectivity index is 2.13. The van der Waals surface area contributed by atoms with Crippen molar-refractivity contribution in [2.75, 3.05) is 0 Å². The monoisotopic (exact) mass is 342 g/mol. The van der Waals surface area contributed by atoms with E-state index in [4.69, 9.17) is 4.74 Å². The minimum atomic E-state index is -0.835. The molecule has 1 N–H and O–H groups in total. The van der Waals surface area contributed by atoms with E-state index >= 15 is 0 Å². The molecule has 2 rings (SSSR count). The van der Waals surface area contributed by atoms with Crippen molar-refractivity contribution in [3.05, 3.63) is 45.4 Å². The van der Waals surface area contributed by atoms with Crippen LogP contribution in [0.15, 0.2) is 22.7 Å². The van der Waals surface area contributed by atoms with Crippen molar-refractivity contribution in [3.8, 4) is 5.75 Å². The minimum Gasteiger partial charge on any atom is -0.487 e. The molecule has 0 aliphatic carbocycles. The fourth-order valence-electron chi connectivity index (χ4n) is 1.93. The zero-order valence-corrected chi connectivity index (χ0v) is 13.1. The van der Waals surface area contributed by atoms with Crippen LogP contribution in [0.3, 0.4) is 0 Å². The van der Waals surface area contributed by atoms with Crippen LogP contribution < -0.4 is 4.74 Å². The second-order valence-electron chi connectivity index (χ2n) is 4.62. The number of aromatic nitrogens is 2. The molecule has 0 fully saturated rings. The summed E-state index contributed by atoms with van der Waals surface area (Å²) in [6.45, 7) is 3.70. The standard InChI is InChI=1S/C14H16BrFN2O2/c1-8-14(15)13(18(3)17-8)7-20-10-4-5-11(9(2)19)12(16)6-10/h4-6,9,19H,7H2,1-3H3/t9-/m1/s1. The summed E-state index contributed by atoms with van der Waals surface area (Å²) >= 11 is 3.45. The zero-order chi connectivity index (χ0) is 14.9. The molecule has 1 aromatic heterocycles. The van der Waals surface area contributed by atoms with Crippen LogP contribution in [0.2, 0.25) is 0 Å². The van der Waals surface area contributed by atoms with E-state index in [2.05, 4.69) is 21.0 Å². The van der Waals surface area contributed by atoms with E-state index in [1.54, 1.807) is 10.7 Å². The van der Waals surface area contributed by atoms with Crippen LogP contribution >= 0.6 is 15.9 Å². The fraction of sp³-hybridized carbons (Fsp3) is 0.357. The second kappa shape index (κ2) is 5.93. The molecule has 1 aromatic carbocycles. The topological polar surface area (TPSA) is 47.3 Å². The molecule has 2 aromatic rings. The molecule has 0 unspecified atom stereocenters. The molecule has 0 saturated carbocycles. The van der Waals surface area contributed by atoms with Crippen molar-refractivity contribution in [2.24, 2.45) is 7.05 Å². The van der Waals surface area contributed by atoms with Crippen molar-refractivity contribution in [3.63, 3.8) is 0 Å². The van der Waals surface area contributed by atoms with Gasteiger partial charge in [-0.2, -0.15) is 5.10 Å². The average molecular weight is 343 g/mol. The Bertz CT molecular complexity index is 626. The first-order chi connectivity index (χ1) is 9.40. The first-order valence-electron chi connectivity index (χ1n) is 6.18. The van der Waals surface area contributed by atoms with E-state index in [1.165, 1.54) is 19.1 Å². The number of rotatable bonds is 4. The summed E-state index contributed by atoms with van der Waals surface area (Å²) in [6, 6.07) is 4.44. The number of hydrogen-bond donors (Lipinski definition) is 1. The summed E-state index contributed by atoms with van der Waals surface area (Å²) in [6.07, 6.45) is -0.835. The van der Waals surface area contributed by atoms with Crippen molar-refractivity contribution in [1.82, 2.24) is 9.78 Å². The van der Waals surface area contributed by atoms with Crippen LogP contribution in [0.1, 0.15) is 30.0 Å². The predicted molar refractivity (Wildman–Crippen MR) is 77.0 cm³/mol. The lowest BCUT2D eigenvalue weighted by atomic mass is 10.1. The third-order valence-electron chi connectivity index (χ3n) is 3.06. The quantitative estimate of drug-likeness (QED) is 0.927. The molecule has 6 heteroatoms. The SMILES string of the molecule is Cc1nn(C)c(COc2ccc([C@@H](C)O)c(F)c2)c1Br. The van der Waals surface area contributed by atoms with E-state index in [-0.39, 0.29) is 12.2 Å². The molecular formula is C14H16BrFN2O2. The highest BCUT2D eigenvalue weighted by atomic mass is 79.9. The highest BCUT2D eigenvalue weighted by molar-refractivity contribution is 9.10. The first-order valence-corrected chi connectivity index (χ1v) is 6.97. The largest absolute Gasteiger partial charge is 0.487 e. The number of nitrogens with zero attached hydrogens (tertiary/aromatic N) is 2. The van der Waals surface area contributed by atoms with Gasteiger partial charge in [0.2, 0.25) is 0 Å². The highest BCUT2D eigenvalue weighted by Gasteiger charge is 2.13. The Labute approximate surface area is 125 Å². The molecule has 0 aliphatic heterocycles. The lowest BCUT2D eigenvalue weighted by Crippen LogP contribution is -2.04. The van der Waals surface area contributed by atoms with Gasteiger partial charge in [-0.3, -0.25) is 4.68 Å². The first kappa shape index (κ1) is 15.0. The Hall–Kier alpha value is -1.40. The van der Waals surface area contributed by atoms with Crippen molar-refractivity contribution in [2.45, 2.75) is 26.6 Å². The molecule has 1 atom stereocenters. The summed E-state index contributed by atoms with van der Waals surface area (Å²) in [4.78, 5) is 0. The van der Waals surface area contributed by atoms with Crippen LogP contribution in [0.5, 0.6) is 5.75 Å². The molecule has 0 aliphatic rings.